The number of benzene rings is 2. The third-order valence-corrected chi connectivity index (χ3v) is 3.21. The average Bonchev–Trinajstić information content (AvgIpc) is 2.51. The van der Waals surface area contributed by atoms with Gasteiger partial charge in [0.15, 0.2) is 17.7 Å². The van der Waals surface area contributed by atoms with Gasteiger partial charge in [0.05, 0.1) is 0 Å². The van der Waals surface area contributed by atoms with Crippen LogP contribution in [0.2, 0.25) is 0 Å². The zero-order valence-corrected chi connectivity index (χ0v) is 12.4. The zero-order chi connectivity index (χ0) is 16.1. The van der Waals surface area contributed by atoms with E-state index in [0.717, 1.165) is 24.1 Å². The van der Waals surface area contributed by atoms with Crippen LogP contribution in [0, 0.1) is 11.6 Å². The van der Waals surface area contributed by atoms with E-state index in [4.69, 9.17) is 4.74 Å². The third-order valence-electron chi connectivity index (χ3n) is 3.21. The fraction of sp³-hybridized carbons (Fsp3) is 0.235. The van der Waals surface area contributed by atoms with E-state index < -0.39 is 23.6 Å². The highest BCUT2D eigenvalue weighted by molar-refractivity contribution is 5.94. The fourth-order valence-electron chi connectivity index (χ4n) is 1.97. The summed E-state index contributed by atoms with van der Waals surface area (Å²) >= 11 is 0. The number of para-hydroxylation sites is 1. The van der Waals surface area contributed by atoms with E-state index in [0.29, 0.717) is 5.75 Å². The molecule has 1 amide bonds. The first kappa shape index (κ1) is 15.9. The number of anilines is 1. The Hall–Kier alpha value is -2.43. The fourth-order valence-corrected chi connectivity index (χ4v) is 1.97. The first-order valence-corrected chi connectivity index (χ1v) is 7.01. The van der Waals surface area contributed by atoms with Crippen LogP contribution in [0.5, 0.6) is 5.75 Å². The predicted molar refractivity (Wildman–Crippen MR) is 80.9 cm³/mol. The van der Waals surface area contributed by atoms with Gasteiger partial charge in [-0.05, 0) is 37.1 Å². The molecule has 0 saturated carbocycles. The van der Waals surface area contributed by atoms with E-state index >= 15 is 0 Å². The normalized spacial score (nSPS) is 11.8. The van der Waals surface area contributed by atoms with Gasteiger partial charge in [-0.25, -0.2) is 8.78 Å². The van der Waals surface area contributed by atoms with Crippen molar-refractivity contribution in [1.29, 1.82) is 0 Å². The lowest BCUT2D eigenvalue weighted by Gasteiger charge is -2.17. The molecule has 0 heterocycles. The maximum atomic E-state index is 13.1. The van der Waals surface area contributed by atoms with Crippen molar-refractivity contribution in [2.24, 2.45) is 0 Å². The van der Waals surface area contributed by atoms with Crippen molar-refractivity contribution >= 4 is 11.6 Å². The number of amides is 1. The maximum absolute atomic E-state index is 13.1. The molecule has 2 aromatic carbocycles. The molecule has 22 heavy (non-hydrogen) atoms. The zero-order valence-electron chi connectivity index (χ0n) is 12.4. The average molecular weight is 305 g/mol. The maximum Gasteiger partial charge on any atom is 0.265 e. The van der Waals surface area contributed by atoms with Gasteiger partial charge in [0.25, 0.3) is 5.91 Å². The number of hydrogen-bond acceptors (Lipinski definition) is 2. The molecule has 2 aromatic rings. The Balaban J connectivity index is 2.04. The van der Waals surface area contributed by atoms with Gasteiger partial charge in [0.1, 0.15) is 5.75 Å². The summed E-state index contributed by atoms with van der Waals surface area (Å²) in [4.78, 5) is 12.1. The highest BCUT2D eigenvalue weighted by atomic mass is 19.2. The van der Waals surface area contributed by atoms with Gasteiger partial charge >= 0.3 is 0 Å². The smallest absolute Gasteiger partial charge is 0.265 e. The van der Waals surface area contributed by atoms with E-state index in [1.165, 1.54) is 6.07 Å². The summed E-state index contributed by atoms with van der Waals surface area (Å²) in [5.74, 6) is -1.77. The van der Waals surface area contributed by atoms with Crippen LogP contribution in [0.25, 0.3) is 0 Å². The van der Waals surface area contributed by atoms with Crippen molar-refractivity contribution in [3.8, 4) is 5.75 Å². The van der Waals surface area contributed by atoms with Crippen LogP contribution in [-0.2, 0) is 11.2 Å². The Morgan fingerprint density at radius 1 is 1.18 bits per heavy atom. The molecule has 0 fully saturated rings. The second kappa shape index (κ2) is 7.02. The summed E-state index contributed by atoms with van der Waals surface area (Å²) in [5, 5.41) is 2.50. The van der Waals surface area contributed by atoms with Crippen LogP contribution < -0.4 is 10.1 Å². The van der Waals surface area contributed by atoms with Crippen molar-refractivity contribution in [3.63, 3.8) is 0 Å². The van der Waals surface area contributed by atoms with Crippen molar-refractivity contribution in [2.45, 2.75) is 26.4 Å². The standard InChI is InChI=1S/C17H17F2NO2/c1-3-12-6-4-5-7-16(12)22-11(2)17(21)20-13-8-9-14(18)15(19)10-13/h4-11H,3H2,1-2H3,(H,20,21)/t11-/m0/s1. The number of aryl methyl sites for hydroxylation is 1. The lowest BCUT2D eigenvalue weighted by atomic mass is 10.1. The van der Waals surface area contributed by atoms with Gasteiger partial charge in [-0.1, -0.05) is 25.1 Å². The number of ether oxygens (including phenoxy) is 1. The molecule has 0 saturated heterocycles. The molecule has 116 valence electrons. The molecule has 0 radical (unpaired) electrons. The van der Waals surface area contributed by atoms with Crippen LogP contribution in [0.3, 0.4) is 0 Å². The largest absolute Gasteiger partial charge is 0.481 e. The lowest BCUT2D eigenvalue weighted by molar-refractivity contribution is -0.122. The summed E-state index contributed by atoms with van der Waals surface area (Å²) in [7, 11) is 0. The van der Waals surface area contributed by atoms with E-state index in [-0.39, 0.29) is 5.69 Å². The molecule has 0 spiro atoms. The van der Waals surface area contributed by atoms with Gasteiger partial charge in [-0.2, -0.15) is 0 Å². The van der Waals surface area contributed by atoms with Crippen LogP contribution in [-0.4, -0.2) is 12.0 Å². The minimum absolute atomic E-state index is 0.183. The van der Waals surface area contributed by atoms with E-state index in [1.807, 2.05) is 25.1 Å². The molecule has 0 aliphatic heterocycles. The monoisotopic (exact) mass is 305 g/mol. The molecule has 2 rings (SSSR count). The SMILES string of the molecule is CCc1ccccc1O[C@@H](C)C(=O)Nc1ccc(F)c(F)c1. The van der Waals surface area contributed by atoms with E-state index in [2.05, 4.69) is 5.32 Å². The topological polar surface area (TPSA) is 38.3 Å². The molecule has 1 N–H and O–H groups in total. The van der Waals surface area contributed by atoms with Gasteiger partial charge in [-0.15, -0.1) is 0 Å². The van der Waals surface area contributed by atoms with E-state index in [9.17, 15) is 13.6 Å². The predicted octanol–water partition coefficient (Wildman–Crippen LogP) is 3.93. The quantitative estimate of drug-likeness (QED) is 0.909. The molecule has 0 bridgehead atoms. The van der Waals surface area contributed by atoms with E-state index in [1.54, 1.807) is 13.0 Å². The van der Waals surface area contributed by atoms with Gasteiger partial charge in [-0.3, -0.25) is 4.79 Å². The summed E-state index contributed by atoms with van der Waals surface area (Å²) < 4.78 is 31.6. The first-order chi connectivity index (χ1) is 10.5. The van der Waals surface area contributed by atoms with Gasteiger partial charge in [0.2, 0.25) is 0 Å². The summed E-state index contributed by atoms with van der Waals surface area (Å²) in [6.07, 6.45) is 0.0223. The molecular weight excluding hydrogens is 288 g/mol. The van der Waals surface area contributed by atoms with Gasteiger partial charge < -0.3 is 10.1 Å². The van der Waals surface area contributed by atoms with Crippen LogP contribution in [0.1, 0.15) is 19.4 Å². The Morgan fingerprint density at radius 3 is 2.59 bits per heavy atom. The molecule has 3 nitrogen and oxygen atoms in total. The summed E-state index contributed by atoms with van der Waals surface area (Å²) in [6.45, 7) is 3.59. The lowest BCUT2D eigenvalue weighted by Crippen LogP contribution is -2.30. The van der Waals surface area contributed by atoms with Crippen molar-refractivity contribution in [2.75, 3.05) is 5.32 Å². The second-order valence-corrected chi connectivity index (χ2v) is 4.84. The number of nitrogens with one attached hydrogen (secondary N) is 1. The van der Waals surface area contributed by atoms with Crippen molar-refractivity contribution in [3.05, 3.63) is 59.7 Å². The molecule has 0 aliphatic rings. The minimum Gasteiger partial charge on any atom is -0.481 e. The van der Waals surface area contributed by atoms with Crippen LogP contribution in [0.4, 0.5) is 14.5 Å². The molecule has 1 atom stereocenters. The second-order valence-electron chi connectivity index (χ2n) is 4.84. The molecular formula is C17H17F2NO2. The summed E-state index contributed by atoms with van der Waals surface area (Å²) in [6, 6.07) is 10.6. The highest BCUT2D eigenvalue weighted by Crippen LogP contribution is 2.20. The first-order valence-electron chi connectivity index (χ1n) is 7.01. The Labute approximate surface area is 127 Å². The minimum atomic E-state index is -1.01. The highest BCUT2D eigenvalue weighted by Gasteiger charge is 2.16. The number of halogens is 2. The van der Waals surface area contributed by atoms with Crippen LogP contribution >= 0.6 is 0 Å². The number of carbonyl (C=O) groups excluding carboxylic acids is 1. The van der Waals surface area contributed by atoms with Crippen molar-refractivity contribution < 1.29 is 18.3 Å². The van der Waals surface area contributed by atoms with Crippen molar-refractivity contribution in [1.82, 2.24) is 0 Å². The van der Waals surface area contributed by atoms with Gasteiger partial charge in [0, 0.05) is 11.8 Å². The number of carbonyl (C=O) groups is 1. The molecule has 0 unspecified atom stereocenters. The Bertz CT molecular complexity index is 673. The Morgan fingerprint density at radius 2 is 1.91 bits per heavy atom. The molecule has 0 aromatic heterocycles. The number of rotatable bonds is 5. The third kappa shape index (κ3) is 3.81. The Kier molecular flexibility index (Phi) is 5.09. The molecule has 0 aliphatic carbocycles. The molecule has 5 heteroatoms. The van der Waals surface area contributed by atoms with Crippen LogP contribution in [0.15, 0.2) is 42.5 Å². The number of hydrogen-bond donors (Lipinski definition) is 1. The summed E-state index contributed by atoms with van der Waals surface area (Å²) in [5.41, 5.74) is 1.18.